The van der Waals surface area contributed by atoms with Crippen molar-refractivity contribution in [2.45, 2.75) is 30.8 Å². The summed E-state index contributed by atoms with van der Waals surface area (Å²) in [5, 5.41) is 12.6. The van der Waals surface area contributed by atoms with Crippen molar-refractivity contribution in [1.82, 2.24) is 20.0 Å². The average Bonchev–Trinajstić information content (AvgIpc) is 3.11. The van der Waals surface area contributed by atoms with E-state index in [0.29, 0.717) is 6.42 Å². The van der Waals surface area contributed by atoms with Crippen LogP contribution in [0.15, 0.2) is 0 Å². The third-order valence-electron chi connectivity index (χ3n) is 4.96. The van der Waals surface area contributed by atoms with Gasteiger partial charge in [-0.15, -0.1) is 0 Å². The van der Waals surface area contributed by atoms with Crippen LogP contribution in [0.2, 0.25) is 0 Å². The normalized spacial score (nSPS) is 31.6. The maximum Gasteiger partial charge on any atom is 0.408 e. The summed E-state index contributed by atoms with van der Waals surface area (Å²) in [5.41, 5.74) is 0. The molecule has 130 valence electrons. The third-order valence-corrected chi connectivity index (χ3v) is 4.96. The van der Waals surface area contributed by atoms with Crippen molar-refractivity contribution in [2.24, 2.45) is 0 Å². The summed E-state index contributed by atoms with van der Waals surface area (Å²) in [6, 6.07) is -0.869. The van der Waals surface area contributed by atoms with Gasteiger partial charge >= 0.3 is 6.09 Å². The van der Waals surface area contributed by atoms with Crippen LogP contribution in [-0.2, 0) is 4.79 Å². The number of halogens is 2. The minimum atomic E-state index is -2.86. The lowest BCUT2D eigenvalue weighted by molar-refractivity contribution is -0.135. The number of nitrogens with zero attached hydrogens (tertiary/aromatic N) is 3. The first kappa shape index (κ1) is 16.4. The van der Waals surface area contributed by atoms with Crippen molar-refractivity contribution in [3.8, 4) is 0 Å². The largest absolute Gasteiger partial charge is 0.465 e. The molecule has 3 heterocycles. The van der Waals surface area contributed by atoms with Crippen molar-refractivity contribution < 1.29 is 23.5 Å². The number of nitrogens with one attached hydrogen (secondary N) is 1. The zero-order chi connectivity index (χ0) is 16.6. The molecule has 3 rings (SSSR count). The van der Waals surface area contributed by atoms with Crippen molar-refractivity contribution in [2.75, 3.05) is 45.8 Å². The minimum Gasteiger partial charge on any atom is -0.465 e. The van der Waals surface area contributed by atoms with Gasteiger partial charge in [-0.05, 0) is 6.42 Å². The number of hydrogen-bond donors (Lipinski definition) is 2. The molecule has 0 radical (unpaired) electrons. The van der Waals surface area contributed by atoms with Gasteiger partial charge in [-0.25, -0.2) is 13.6 Å². The zero-order valence-electron chi connectivity index (χ0n) is 12.9. The molecule has 0 spiro atoms. The van der Waals surface area contributed by atoms with Crippen LogP contribution < -0.4 is 5.32 Å². The Bertz CT molecular complexity index is 485. The van der Waals surface area contributed by atoms with Gasteiger partial charge in [-0.2, -0.15) is 0 Å². The zero-order valence-corrected chi connectivity index (χ0v) is 12.9. The molecule has 3 saturated heterocycles. The Morgan fingerprint density at radius 1 is 1.17 bits per heavy atom. The fourth-order valence-corrected chi connectivity index (χ4v) is 3.71. The van der Waals surface area contributed by atoms with Crippen LogP contribution in [0.25, 0.3) is 0 Å². The highest BCUT2D eigenvalue weighted by Crippen LogP contribution is 2.30. The molecule has 7 nitrogen and oxygen atoms in total. The van der Waals surface area contributed by atoms with Crippen LogP contribution in [0, 0.1) is 0 Å². The molecule has 3 aliphatic heterocycles. The molecule has 3 aliphatic rings. The number of likely N-dealkylation sites (tertiary alicyclic amines) is 2. The van der Waals surface area contributed by atoms with E-state index in [1.807, 2.05) is 0 Å². The highest BCUT2D eigenvalue weighted by atomic mass is 19.3. The molecule has 2 N–H and O–H groups in total. The fraction of sp³-hybridized carbons (Fsp3) is 0.857. The Hall–Kier alpha value is -1.48. The monoisotopic (exact) mass is 332 g/mol. The SMILES string of the molecule is O=C([C@@H]1C[C@H](N2CCNCC2)CN1C(=O)O)N1CCC(F)(F)C1. The lowest BCUT2D eigenvalue weighted by Crippen LogP contribution is -2.49. The molecule has 23 heavy (non-hydrogen) atoms. The summed E-state index contributed by atoms with van der Waals surface area (Å²) >= 11 is 0. The van der Waals surface area contributed by atoms with Crippen LogP contribution in [0.4, 0.5) is 13.6 Å². The second-order valence-electron chi connectivity index (χ2n) is 6.49. The molecular weight excluding hydrogens is 310 g/mol. The number of amides is 2. The Balaban J connectivity index is 1.69. The Kier molecular flexibility index (Phi) is 4.41. The smallest absolute Gasteiger partial charge is 0.408 e. The molecule has 0 bridgehead atoms. The van der Waals surface area contributed by atoms with Crippen LogP contribution in [0.3, 0.4) is 0 Å². The average molecular weight is 332 g/mol. The molecule has 9 heteroatoms. The van der Waals surface area contributed by atoms with E-state index in [2.05, 4.69) is 10.2 Å². The van der Waals surface area contributed by atoms with Gasteiger partial charge in [0.15, 0.2) is 0 Å². The number of hydrogen-bond acceptors (Lipinski definition) is 4. The summed E-state index contributed by atoms with van der Waals surface area (Å²) < 4.78 is 26.7. The second kappa shape index (κ2) is 6.20. The third kappa shape index (κ3) is 3.40. The first-order valence-corrected chi connectivity index (χ1v) is 7.98. The van der Waals surface area contributed by atoms with Gasteiger partial charge in [-0.3, -0.25) is 14.6 Å². The first-order chi connectivity index (χ1) is 10.9. The van der Waals surface area contributed by atoms with Crippen molar-refractivity contribution >= 4 is 12.0 Å². The van der Waals surface area contributed by atoms with Gasteiger partial charge in [0.05, 0.1) is 6.54 Å². The Morgan fingerprint density at radius 3 is 2.43 bits per heavy atom. The minimum absolute atomic E-state index is 0.00586. The summed E-state index contributed by atoms with van der Waals surface area (Å²) in [7, 11) is 0. The second-order valence-corrected chi connectivity index (χ2v) is 6.49. The van der Waals surface area contributed by atoms with Gasteiger partial charge < -0.3 is 15.3 Å². The van der Waals surface area contributed by atoms with Crippen LogP contribution >= 0.6 is 0 Å². The molecule has 0 unspecified atom stereocenters. The van der Waals surface area contributed by atoms with E-state index in [9.17, 15) is 23.5 Å². The molecule has 0 aromatic heterocycles. The van der Waals surface area contributed by atoms with E-state index in [-0.39, 0.29) is 25.6 Å². The molecule has 0 aromatic carbocycles. The molecule has 0 saturated carbocycles. The quantitative estimate of drug-likeness (QED) is 0.737. The molecule has 0 aliphatic carbocycles. The predicted molar refractivity (Wildman–Crippen MR) is 77.5 cm³/mol. The summed E-state index contributed by atoms with van der Waals surface area (Å²) in [4.78, 5) is 28.4. The van der Waals surface area contributed by atoms with E-state index >= 15 is 0 Å². The molecule has 2 atom stereocenters. The highest BCUT2D eigenvalue weighted by Gasteiger charge is 2.47. The number of carbonyl (C=O) groups excluding carboxylic acids is 1. The maximum absolute atomic E-state index is 13.3. The summed E-state index contributed by atoms with van der Waals surface area (Å²) in [5.74, 6) is -3.34. The van der Waals surface area contributed by atoms with E-state index in [1.165, 1.54) is 0 Å². The van der Waals surface area contributed by atoms with E-state index < -0.39 is 30.5 Å². The van der Waals surface area contributed by atoms with Gasteiger partial charge in [0.25, 0.3) is 5.92 Å². The van der Waals surface area contributed by atoms with Crippen molar-refractivity contribution in [3.05, 3.63) is 0 Å². The van der Waals surface area contributed by atoms with E-state index in [1.54, 1.807) is 0 Å². The lowest BCUT2D eigenvalue weighted by atomic mass is 10.1. The van der Waals surface area contributed by atoms with E-state index in [4.69, 9.17) is 0 Å². The topological polar surface area (TPSA) is 76.1 Å². The number of piperazine rings is 1. The maximum atomic E-state index is 13.3. The summed E-state index contributed by atoms with van der Waals surface area (Å²) in [6.07, 6.45) is -1.13. The number of carboxylic acid groups (broad SMARTS) is 1. The van der Waals surface area contributed by atoms with Crippen molar-refractivity contribution in [1.29, 1.82) is 0 Å². The van der Waals surface area contributed by atoms with E-state index in [0.717, 1.165) is 36.0 Å². The van der Waals surface area contributed by atoms with Crippen molar-refractivity contribution in [3.63, 3.8) is 0 Å². The van der Waals surface area contributed by atoms with Crippen LogP contribution in [0.5, 0.6) is 0 Å². The lowest BCUT2D eigenvalue weighted by Gasteiger charge is -2.32. The van der Waals surface area contributed by atoms with Gasteiger partial charge in [0.1, 0.15) is 6.04 Å². The summed E-state index contributed by atoms with van der Waals surface area (Å²) in [6.45, 7) is 2.93. The molecule has 3 fully saturated rings. The Morgan fingerprint density at radius 2 is 1.87 bits per heavy atom. The standard InChI is InChI=1S/C14H22F2N4O3/c15-14(16)1-4-19(9-14)12(21)11-7-10(8-20(11)13(22)23)18-5-2-17-3-6-18/h10-11,17H,1-9H2,(H,22,23)/t10-,11-/m0/s1. The molecule has 2 amide bonds. The van der Waals surface area contributed by atoms with Gasteiger partial charge in [0, 0.05) is 51.7 Å². The van der Waals surface area contributed by atoms with Gasteiger partial charge in [-0.1, -0.05) is 0 Å². The number of alkyl halides is 2. The number of rotatable bonds is 2. The first-order valence-electron chi connectivity index (χ1n) is 7.98. The molecule has 0 aromatic rings. The number of carbonyl (C=O) groups is 2. The fourth-order valence-electron chi connectivity index (χ4n) is 3.71. The highest BCUT2D eigenvalue weighted by molar-refractivity contribution is 5.86. The van der Waals surface area contributed by atoms with Gasteiger partial charge in [0.2, 0.25) is 5.91 Å². The predicted octanol–water partition coefficient (Wildman–Crippen LogP) is -0.120. The van der Waals surface area contributed by atoms with Crippen LogP contribution in [-0.4, -0.2) is 95.6 Å². The van der Waals surface area contributed by atoms with Crippen LogP contribution in [0.1, 0.15) is 12.8 Å². The Labute approximate surface area is 133 Å². The molecular formula is C14H22F2N4O3.